The number of esters is 1. The van der Waals surface area contributed by atoms with Crippen LogP contribution in [0.4, 0.5) is 0 Å². The number of pyridine rings is 1. The molecule has 0 aliphatic heterocycles. The van der Waals surface area contributed by atoms with Crippen LogP contribution in [0.3, 0.4) is 0 Å². The normalized spacial score (nSPS) is 11.1. The van der Waals surface area contributed by atoms with Crippen LogP contribution in [0.1, 0.15) is 29.9 Å². The number of ether oxygens (including phenoxy) is 2. The van der Waals surface area contributed by atoms with Gasteiger partial charge in [0, 0.05) is 6.20 Å². The SMILES string of the molecule is CCOC=Cc1ccc2ncc(C(=O)OCC)n2c1. The summed E-state index contributed by atoms with van der Waals surface area (Å²) in [6.07, 6.45) is 6.80. The molecular formula is C14H16N2O3. The second-order valence-electron chi connectivity index (χ2n) is 3.81. The summed E-state index contributed by atoms with van der Waals surface area (Å²) < 4.78 is 11.9. The maximum atomic E-state index is 11.8. The molecule has 5 heteroatoms. The van der Waals surface area contributed by atoms with Gasteiger partial charge < -0.3 is 9.47 Å². The maximum Gasteiger partial charge on any atom is 0.356 e. The van der Waals surface area contributed by atoms with Crippen LogP contribution in [-0.4, -0.2) is 28.6 Å². The molecule has 0 spiro atoms. The van der Waals surface area contributed by atoms with Crippen molar-refractivity contribution in [1.82, 2.24) is 9.38 Å². The Morgan fingerprint density at radius 2 is 2.21 bits per heavy atom. The monoisotopic (exact) mass is 260 g/mol. The topological polar surface area (TPSA) is 52.8 Å². The Balaban J connectivity index is 2.34. The summed E-state index contributed by atoms with van der Waals surface area (Å²) in [6, 6.07) is 3.75. The number of hydrogen-bond donors (Lipinski definition) is 0. The van der Waals surface area contributed by atoms with Gasteiger partial charge in [-0.15, -0.1) is 0 Å². The summed E-state index contributed by atoms with van der Waals surface area (Å²) in [6.45, 7) is 4.66. The zero-order chi connectivity index (χ0) is 13.7. The Hall–Kier alpha value is -2.30. The lowest BCUT2D eigenvalue weighted by Gasteiger charge is -2.02. The molecular weight excluding hydrogens is 244 g/mol. The number of carbonyl (C=O) groups excluding carboxylic acids is 1. The highest BCUT2D eigenvalue weighted by molar-refractivity contribution is 5.88. The largest absolute Gasteiger partial charge is 0.501 e. The van der Waals surface area contributed by atoms with E-state index in [1.165, 1.54) is 6.20 Å². The van der Waals surface area contributed by atoms with E-state index >= 15 is 0 Å². The molecule has 0 unspecified atom stereocenters. The van der Waals surface area contributed by atoms with E-state index in [9.17, 15) is 4.79 Å². The quantitative estimate of drug-likeness (QED) is 0.612. The van der Waals surface area contributed by atoms with E-state index in [1.54, 1.807) is 17.6 Å². The van der Waals surface area contributed by atoms with Gasteiger partial charge in [-0.25, -0.2) is 9.78 Å². The van der Waals surface area contributed by atoms with E-state index < -0.39 is 0 Å². The Morgan fingerprint density at radius 3 is 2.95 bits per heavy atom. The molecule has 0 saturated carbocycles. The summed E-state index contributed by atoms with van der Waals surface area (Å²) in [5.74, 6) is -0.374. The molecule has 0 aromatic carbocycles. The Morgan fingerprint density at radius 1 is 1.37 bits per heavy atom. The number of imidazole rings is 1. The van der Waals surface area contributed by atoms with Crippen molar-refractivity contribution in [2.45, 2.75) is 13.8 Å². The third-order valence-corrected chi connectivity index (χ3v) is 2.54. The van der Waals surface area contributed by atoms with Crippen molar-refractivity contribution in [3.63, 3.8) is 0 Å². The van der Waals surface area contributed by atoms with Crippen LogP contribution in [0.5, 0.6) is 0 Å². The van der Waals surface area contributed by atoms with Crippen molar-refractivity contribution >= 4 is 17.7 Å². The van der Waals surface area contributed by atoms with Crippen molar-refractivity contribution < 1.29 is 14.3 Å². The number of fused-ring (bicyclic) bond motifs is 1. The van der Waals surface area contributed by atoms with E-state index in [-0.39, 0.29) is 5.97 Å². The van der Waals surface area contributed by atoms with Crippen LogP contribution >= 0.6 is 0 Å². The van der Waals surface area contributed by atoms with Crippen LogP contribution in [-0.2, 0) is 9.47 Å². The van der Waals surface area contributed by atoms with Gasteiger partial charge in [-0.05, 0) is 37.6 Å². The summed E-state index contributed by atoms with van der Waals surface area (Å²) in [4.78, 5) is 15.9. The van der Waals surface area contributed by atoms with E-state index in [1.807, 2.05) is 31.3 Å². The summed E-state index contributed by atoms with van der Waals surface area (Å²) in [5.41, 5.74) is 2.05. The van der Waals surface area contributed by atoms with Gasteiger partial charge in [-0.3, -0.25) is 4.40 Å². The van der Waals surface area contributed by atoms with Crippen LogP contribution in [0.25, 0.3) is 11.7 Å². The molecule has 0 saturated heterocycles. The molecule has 2 aromatic heterocycles. The zero-order valence-corrected chi connectivity index (χ0v) is 11.0. The third kappa shape index (κ3) is 2.93. The molecule has 0 atom stereocenters. The van der Waals surface area contributed by atoms with Crippen LogP contribution in [0.2, 0.25) is 0 Å². The first-order valence-corrected chi connectivity index (χ1v) is 6.18. The van der Waals surface area contributed by atoms with Gasteiger partial charge in [0.1, 0.15) is 5.65 Å². The van der Waals surface area contributed by atoms with Crippen molar-refractivity contribution in [2.24, 2.45) is 0 Å². The van der Waals surface area contributed by atoms with Crippen molar-refractivity contribution in [3.8, 4) is 0 Å². The summed E-state index contributed by atoms with van der Waals surface area (Å²) in [7, 11) is 0. The lowest BCUT2D eigenvalue weighted by molar-refractivity contribution is 0.0518. The van der Waals surface area contributed by atoms with Crippen LogP contribution in [0, 0.1) is 0 Å². The van der Waals surface area contributed by atoms with E-state index in [2.05, 4.69) is 4.98 Å². The second-order valence-corrected chi connectivity index (χ2v) is 3.81. The Labute approximate surface area is 111 Å². The standard InChI is InChI=1S/C14H16N2O3/c1-3-18-8-7-11-5-6-13-15-9-12(16(13)10-11)14(17)19-4-2/h5-10H,3-4H2,1-2H3. The molecule has 2 heterocycles. The lowest BCUT2D eigenvalue weighted by atomic mass is 10.3. The van der Waals surface area contributed by atoms with Crippen molar-refractivity contribution in [2.75, 3.05) is 13.2 Å². The molecule has 0 N–H and O–H groups in total. The molecule has 2 rings (SSSR count). The predicted octanol–water partition coefficient (Wildman–Crippen LogP) is 2.52. The fourth-order valence-corrected chi connectivity index (χ4v) is 1.67. The number of nitrogens with zero attached hydrogens (tertiary/aromatic N) is 2. The van der Waals surface area contributed by atoms with Crippen LogP contribution in [0.15, 0.2) is 30.8 Å². The van der Waals surface area contributed by atoms with Gasteiger partial charge in [0.25, 0.3) is 0 Å². The Bertz CT molecular complexity index is 602. The van der Waals surface area contributed by atoms with E-state index in [0.29, 0.717) is 24.6 Å². The molecule has 0 radical (unpaired) electrons. The molecule has 5 nitrogen and oxygen atoms in total. The van der Waals surface area contributed by atoms with Crippen molar-refractivity contribution in [1.29, 1.82) is 0 Å². The molecule has 19 heavy (non-hydrogen) atoms. The van der Waals surface area contributed by atoms with Gasteiger partial charge in [-0.1, -0.05) is 0 Å². The van der Waals surface area contributed by atoms with Gasteiger partial charge in [0.15, 0.2) is 5.69 Å². The first-order valence-electron chi connectivity index (χ1n) is 6.18. The number of rotatable bonds is 5. The molecule has 0 aliphatic rings. The highest BCUT2D eigenvalue weighted by atomic mass is 16.5. The Kier molecular flexibility index (Phi) is 4.18. The predicted molar refractivity (Wildman–Crippen MR) is 71.8 cm³/mol. The highest BCUT2D eigenvalue weighted by Gasteiger charge is 2.12. The van der Waals surface area contributed by atoms with Crippen molar-refractivity contribution in [3.05, 3.63) is 42.0 Å². The lowest BCUT2D eigenvalue weighted by Crippen LogP contribution is -2.07. The smallest absolute Gasteiger partial charge is 0.356 e. The van der Waals surface area contributed by atoms with E-state index in [4.69, 9.17) is 9.47 Å². The fourth-order valence-electron chi connectivity index (χ4n) is 1.67. The first-order chi connectivity index (χ1) is 9.26. The second kappa shape index (κ2) is 6.04. The molecule has 2 aromatic rings. The molecule has 0 amide bonds. The van der Waals surface area contributed by atoms with Gasteiger partial charge in [0.05, 0.1) is 25.7 Å². The van der Waals surface area contributed by atoms with E-state index in [0.717, 1.165) is 5.56 Å². The minimum Gasteiger partial charge on any atom is -0.501 e. The minimum absolute atomic E-state index is 0.343. The third-order valence-electron chi connectivity index (χ3n) is 2.54. The molecule has 100 valence electrons. The summed E-state index contributed by atoms with van der Waals surface area (Å²) >= 11 is 0. The van der Waals surface area contributed by atoms with Gasteiger partial charge in [0.2, 0.25) is 0 Å². The number of carbonyl (C=O) groups is 1. The number of aromatic nitrogens is 2. The minimum atomic E-state index is -0.374. The average Bonchev–Trinajstić information content (AvgIpc) is 2.82. The number of hydrogen-bond acceptors (Lipinski definition) is 4. The van der Waals surface area contributed by atoms with Gasteiger partial charge >= 0.3 is 5.97 Å². The summed E-state index contributed by atoms with van der Waals surface area (Å²) in [5, 5.41) is 0. The molecule has 0 bridgehead atoms. The average molecular weight is 260 g/mol. The fraction of sp³-hybridized carbons (Fsp3) is 0.286. The van der Waals surface area contributed by atoms with Crippen LogP contribution < -0.4 is 0 Å². The van der Waals surface area contributed by atoms with Gasteiger partial charge in [-0.2, -0.15) is 0 Å². The zero-order valence-electron chi connectivity index (χ0n) is 11.0. The molecule has 0 fully saturated rings. The highest BCUT2D eigenvalue weighted by Crippen LogP contribution is 2.11. The molecule has 0 aliphatic carbocycles. The first kappa shape index (κ1) is 13.1. The maximum absolute atomic E-state index is 11.8.